The molecule has 24 heavy (non-hydrogen) atoms. The molecule has 3 heterocycles. The highest BCUT2D eigenvalue weighted by Crippen LogP contribution is 2.31. The van der Waals surface area contributed by atoms with Gasteiger partial charge in [0.15, 0.2) is 5.69 Å². The zero-order chi connectivity index (χ0) is 17.3. The van der Waals surface area contributed by atoms with E-state index in [1.807, 2.05) is 11.9 Å². The highest BCUT2D eigenvalue weighted by molar-refractivity contribution is 5.52. The molecule has 0 saturated heterocycles. The van der Waals surface area contributed by atoms with Gasteiger partial charge in [0.05, 0.1) is 5.56 Å². The number of imidazole rings is 1. The first-order valence-electron chi connectivity index (χ1n) is 7.58. The van der Waals surface area contributed by atoms with Crippen molar-refractivity contribution in [2.75, 3.05) is 18.5 Å². The van der Waals surface area contributed by atoms with Crippen molar-refractivity contribution in [2.24, 2.45) is 5.92 Å². The normalized spacial score (nSPS) is 17.2. The number of hydrogen-bond donors (Lipinski definition) is 0. The average Bonchev–Trinajstić information content (AvgIpc) is 2.98. The minimum Gasteiger partial charge on any atom is -0.358 e. The van der Waals surface area contributed by atoms with Gasteiger partial charge in [-0.2, -0.15) is 18.4 Å². The summed E-state index contributed by atoms with van der Waals surface area (Å²) in [6.45, 7) is 1.10. The molecular weight excluding hydrogens is 319 g/mol. The number of nitrogens with zero attached hydrogens (tertiary/aromatic N) is 5. The van der Waals surface area contributed by atoms with Crippen LogP contribution < -0.4 is 4.90 Å². The Kier molecular flexibility index (Phi) is 4.18. The summed E-state index contributed by atoms with van der Waals surface area (Å²) in [4.78, 5) is 9.81. The van der Waals surface area contributed by atoms with Crippen LogP contribution in [0.5, 0.6) is 0 Å². The number of anilines is 1. The van der Waals surface area contributed by atoms with E-state index in [-0.39, 0.29) is 5.92 Å². The Labute approximate surface area is 137 Å². The van der Waals surface area contributed by atoms with E-state index in [1.54, 1.807) is 22.9 Å². The third-order valence-electron chi connectivity index (χ3n) is 4.18. The summed E-state index contributed by atoms with van der Waals surface area (Å²) in [5, 5.41) is 9.15. The molecule has 0 radical (unpaired) electrons. The highest BCUT2D eigenvalue weighted by atomic mass is 19.4. The predicted octanol–water partition coefficient (Wildman–Crippen LogP) is 2.87. The third kappa shape index (κ3) is 3.20. The largest absolute Gasteiger partial charge is 0.434 e. The predicted molar refractivity (Wildman–Crippen MR) is 81.3 cm³/mol. The van der Waals surface area contributed by atoms with E-state index < -0.39 is 11.9 Å². The molecule has 0 saturated carbocycles. The monoisotopic (exact) mass is 335 g/mol. The van der Waals surface area contributed by atoms with Gasteiger partial charge in [-0.3, -0.25) is 0 Å². The third-order valence-corrected chi connectivity index (χ3v) is 4.18. The molecular formula is C16H16F3N5. The number of nitriles is 1. The molecule has 0 amide bonds. The first-order valence-corrected chi connectivity index (χ1v) is 7.58. The second-order valence-electron chi connectivity index (χ2n) is 5.96. The van der Waals surface area contributed by atoms with Crippen molar-refractivity contribution in [3.8, 4) is 6.07 Å². The Morgan fingerprint density at radius 2 is 2.25 bits per heavy atom. The van der Waals surface area contributed by atoms with Crippen LogP contribution in [0, 0.1) is 17.2 Å². The lowest BCUT2D eigenvalue weighted by atomic mass is 9.99. The number of aromatic nitrogens is 3. The van der Waals surface area contributed by atoms with E-state index in [0.29, 0.717) is 36.7 Å². The number of aryl methyl sites for hydroxylation is 1. The van der Waals surface area contributed by atoms with Gasteiger partial charge in [-0.1, -0.05) is 0 Å². The van der Waals surface area contributed by atoms with Crippen LogP contribution in [0.1, 0.15) is 23.5 Å². The maximum Gasteiger partial charge on any atom is 0.434 e. The van der Waals surface area contributed by atoms with Crippen LogP contribution in [0.15, 0.2) is 24.5 Å². The highest BCUT2D eigenvalue weighted by Gasteiger charge is 2.35. The minimum absolute atomic E-state index is 0.173. The molecule has 0 spiro atoms. The average molecular weight is 335 g/mol. The molecule has 0 N–H and O–H groups in total. The van der Waals surface area contributed by atoms with Gasteiger partial charge in [0.1, 0.15) is 17.7 Å². The first kappa shape index (κ1) is 16.3. The van der Waals surface area contributed by atoms with E-state index in [1.165, 1.54) is 0 Å². The summed E-state index contributed by atoms with van der Waals surface area (Å²) in [5.74, 6) is 1.25. The summed E-state index contributed by atoms with van der Waals surface area (Å²) in [7, 11) is 1.84. The zero-order valence-electron chi connectivity index (χ0n) is 13.1. The molecule has 1 aliphatic heterocycles. The molecule has 0 unspecified atom stereocenters. The SMILES string of the molecule is CN(C[C@H]1CCc2nc(C(F)(F)F)cn2C1)c1ncccc1C#N. The fraction of sp³-hybridized carbons (Fsp3) is 0.438. The fourth-order valence-corrected chi connectivity index (χ4v) is 3.06. The van der Waals surface area contributed by atoms with Crippen molar-refractivity contribution in [1.29, 1.82) is 5.26 Å². The molecule has 8 heteroatoms. The van der Waals surface area contributed by atoms with E-state index in [2.05, 4.69) is 16.0 Å². The number of halogens is 3. The van der Waals surface area contributed by atoms with Gasteiger partial charge in [0.25, 0.3) is 0 Å². The zero-order valence-corrected chi connectivity index (χ0v) is 13.1. The Hall–Kier alpha value is -2.56. The van der Waals surface area contributed by atoms with Crippen LogP contribution >= 0.6 is 0 Å². The van der Waals surface area contributed by atoms with Crippen molar-refractivity contribution >= 4 is 5.82 Å². The van der Waals surface area contributed by atoms with Crippen molar-refractivity contribution in [3.63, 3.8) is 0 Å². The van der Waals surface area contributed by atoms with Crippen LogP contribution in [0.25, 0.3) is 0 Å². The number of fused-ring (bicyclic) bond motifs is 1. The molecule has 3 rings (SSSR count). The van der Waals surface area contributed by atoms with Crippen LogP contribution in [-0.2, 0) is 19.1 Å². The smallest absolute Gasteiger partial charge is 0.358 e. The maximum absolute atomic E-state index is 12.8. The summed E-state index contributed by atoms with van der Waals surface area (Å²) in [6, 6.07) is 5.50. The molecule has 0 bridgehead atoms. The molecule has 1 atom stereocenters. The number of alkyl halides is 3. The van der Waals surface area contributed by atoms with Gasteiger partial charge in [-0.15, -0.1) is 0 Å². The minimum atomic E-state index is -4.41. The second-order valence-corrected chi connectivity index (χ2v) is 5.96. The molecule has 2 aromatic rings. The van der Waals surface area contributed by atoms with Gasteiger partial charge >= 0.3 is 6.18 Å². The standard InChI is InChI=1S/C16H16F3N5/c1-23(15-12(7-20)3-2-6-21-15)8-11-4-5-14-22-13(16(17,18)19)10-24(14)9-11/h2-3,6,10-11H,4-5,8-9H2,1H3/t11-/m1/s1. The topological polar surface area (TPSA) is 57.7 Å². The van der Waals surface area contributed by atoms with Crippen LogP contribution in [0.3, 0.4) is 0 Å². The lowest BCUT2D eigenvalue weighted by Gasteiger charge is -2.29. The summed E-state index contributed by atoms with van der Waals surface area (Å²) < 4.78 is 39.9. The Bertz CT molecular complexity index is 775. The van der Waals surface area contributed by atoms with Crippen molar-refractivity contribution in [3.05, 3.63) is 41.6 Å². The molecule has 1 aliphatic rings. The molecule has 0 aromatic carbocycles. The van der Waals surface area contributed by atoms with E-state index in [4.69, 9.17) is 5.26 Å². The summed E-state index contributed by atoms with van der Waals surface area (Å²) in [5.41, 5.74) is -0.346. The van der Waals surface area contributed by atoms with Gasteiger partial charge in [-0.05, 0) is 24.5 Å². The summed E-state index contributed by atoms with van der Waals surface area (Å²) >= 11 is 0. The van der Waals surface area contributed by atoms with Crippen LogP contribution in [0.2, 0.25) is 0 Å². The molecule has 5 nitrogen and oxygen atoms in total. The van der Waals surface area contributed by atoms with Gasteiger partial charge < -0.3 is 9.47 Å². The van der Waals surface area contributed by atoms with Gasteiger partial charge in [-0.25, -0.2) is 9.97 Å². The second kappa shape index (κ2) is 6.15. The van der Waals surface area contributed by atoms with E-state index >= 15 is 0 Å². The van der Waals surface area contributed by atoms with Gasteiger partial charge in [0, 0.05) is 39.0 Å². The molecule has 0 aliphatic carbocycles. The number of hydrogen-bond acceptors (Lipinski definition) is 4. The van der Waals surface area contributed by atoms with Crippen molar-refractivity contribution in [1.82, 2.24) is 14.5 Å². The quantitative estimate of drug-likeness (QED) is 0.865. The van der Waals surface area contributed by atoms with Crippen LogP contribution in [-0.4, -0.2) is 28.1 Å². The van der Waals surface area contributed by atoms with E-state index in [9.17, 15) is 13.2 Å². The van der Waals surface area contributed by atoms with E-state index in [0.717, 1.165) is 12.6 Å². The van der Waals surface area contributed by atoms with Crippen molar-refractivity contribution in [2.45, 2.75) is 25.6 Å². The lowest BCUT2D eigenvalue weighted by Crippen LogP contribution is -2.32. The van der Waals surface area contributed by atoms with Crippen LogP contribution in [0.4, 0.5) is 19.0 Å². The maximum atomic E-state index is 12.8. The Morgan fingerprint density at radius 1 is 1.46 bits per heavy atom. The Morgan fingerprint density at radius 3 is 2.96 bits per heavy atom. The lowest BCUT2D eigenvalue weighted by molar-refractivity contribution is -0.141. The number of rotatable bonds is 3. The summed E-state index contributed by atoms with van der Waals surface area (Å²) in [6.07, 6.45) is -0.429. The fourth-order valence-electron chi connectivity index (χ4n) is 3.06. The molecule has 0 fully saturated rings. The number of pyridine rings is 1. The molecule has 2 aromatic heterocycles. The Balaban J connectivity index is 1.72. The van der Waals surface area contributed by atoms with Crippen molar-refractivity contribution < 1.29 is 13.2 Å². The van der Waals surface area contributed by atoms with Gasteiger partial charge in [0.2, 0.25) is 0 Å². The first-order chi connectivity index (χ1) is 11.4. The molecule has 126 valence electrons.